The van der Waals surface area contributed by atoms with Gasteiger partial charge in [0.2, 0.25) is 0 Å². The normalized spacial score (nSPS) is 22.7. The maximum atomic E-state index is 5.93. The predicted molar refractivity (Wildman–Crippen MR) is 77.4 cm³/mol. The largest absolute Gasteiger partial charge is 0.399 e. The molecule has 1 aromatic rings. The quantitative estimate of drug-likeness (QED) is 0.656. The summed E-state index contributed by atoms with van der Waals surface area (Å²) < 4.78 is 0. The Morgan fingerprint density at radius 3 is 1.82 bits per heavy atom. The van der Waals surface area contributed by atoms with E-state index in [-0.39, 0.29) is 23.7 Å². The van der Waals surface area contributed by atoms with Gasteiger partial charge in [-0.3, -0.25) is 0 Å². The zero-order valence-electron chi connectivity index (χ0n) is 11.3. The number of nitrogens with two attached hydrogens (primary N) is 1. The molecular formula is C16H27N. The molecule has 0 fully saturated rings. The number of hydrogen-bond donors (Lipinski definition) is 1. The third kappa shape index (κ3) is 1.44. The molecule has 1 nitrogen and oxygen atoms in total. The minimum absolute atomic E-state index is 0. The van der Waals surface area contributed by atoms with Gasteiger partial charge in [0, 0.05) is 5.69 Å². The monoisotopic (exact) mass is 233 g/mol. The first-order chi connectivity index (χ1) is 7.12. The Balaban J connectivity index is 0.00000144. The summed E-state index contributed by atoms with van der Waals surface area (Å²) in [6, 6.07) is 6.39. The van der Waals surface area contributed by atoms with E-state index in [2.05, 4.69) is 53.7 Å². The second-order valence-electron chi connectivity index (χ2n) is 6.68. The molecule has 1 heteroatoms. The molecule has 0 unspecified atom stereocenters. The number of anilines is 1. The Labute approximate surface area is 106 Å². The molecule has 96 valence electrons. The molecule has 0 heterocycles. The first-order valence-electron chi connectivity index (χ1n) is 6.03. The van der Waals surface area contributed by atoms with Gasteiger partial charge in [0.05, 0.1) is 0 Å². The predicted octanol–water partition coefficient (Wildman–Crippen LogP) is 4.50. The fourth-order valence-electron chi connectivity index (χ4n) is 3.08. The first kappa shape index (κ1) is 14.1. The van der Waals surface area contributed by atoms with Crippen LogP contribution in [0.3, 0.4) is 0 Å². The van der Waals surface area contributed by atoms with Gasteiger partial charge in [-0.2, -0.15) is 0 Å². The summed E-state index contributed by atoms with van der Waals surface area (Å²) in [7, 11) is 0. The van der Waals surface area contributed by atoms with Crippen molar-refractivity contribution in [2.45, 2.75) is 59.8 Å². The summed E-state index contributed by atoms with van der Waals surface area (Å²) >= 11 is 0. The second-order valence-corrected chi connectivity index (χ2v) is 6.68. The summed E-state index contributed by atoms with van der Waals surface area (Å²) in [4.78, 5) is 0. The maximum absolute atomic E-state index is 5.93. The van der Waals surface area contributed by atoms with Crippen molar-refractivity contribution in [2.24, 2.45) is 5.41 Å². The Bertz CT molecular complexity index is 439. The van der Waals surface area contributed by atoms with Crippen LogP contribution >= 0.6 is 0 Å². The molecule has 17 heavy (non-hydrogen) atoms. The van der Waals surface area contributed by atoms with Crippen LogP contribution < -0.4 is 5.73 Å². The fourth-order valence-corrected chi connectivity index (χ4v) is 3.08. The van der Waals surface area contributed by atoms with Crippen LogP contribution in [-0.2, 0) is 10.8 Å². The molecule has 0 saturated carbocycles. The van der Waals surface area contributed by atoms with Crippen LogP contribution in [0.25, 0.3) is 0 Å². The third-order valence-electron chi connectivity index (χ3n) is 5.52. The lowest BCUT2D eigenvalue weighted by atomic mass is 9.59. The van der Waals surface area contributed by atoms with E-state index in [4.69, 9.17) is 5.73 Å². The highest BCUT2D eigenvalue weighted by Crippen LogP contribution is 2.61. The van der Waals surface area contributed by atoms with Gasteiger partial charge < -0.3 is 5.73 Å². The molecule has 1 aromatic carbocycles. The van der Waals surface area contributed by atoms with Crippen molar-refractivity contribution in [3.8, 4) is 0 Å². The van der Waals surface area contributed by atoms with Gasteiger partial charge in [-0.15, -0.1) is 0 Å². The lowest BCUT2D eigenvalue weighted by Crippen LogP contribution is -2.42. The molecule has 0 saturated heterocycles. The van der Waals surface area contributed by atoms with Crippen LogP contribution in [0.4, 0.5) is 5.69 Å². The zero-order valence-corrected chi connectivity index (χ0v) is 11.3. The molecule has 0 aromatic heterocycles. The van der Waals surface area contributed by atoms with Gasteiger partial charge in [0.15, 0.2) is 0 Å². The van der Waals surface area contributed by atoms with Crippen molar-refractivity contribution in [3.05, 3.63) is 29.3 Å². The average Bonchev–Trinajstić information content (AvgIpc) is 2.24. The highest BCUT2D eigenvalue weighted by Gasteiger charge is 2.56. The van der Waals surface area contributed by atoms with Crippen molar-refractivity contribution in [1.29, 1.82) is 0 Å². The standard InChI is InChI=1S/C15H23N.CH4/c1-13(2)11-8-7-10(16)9-12(11)14(3,4)15(13,5)6;/h7-9H,16H2,1-6H3;1H4. The summed E-state index contributed by atoms with van der Waals surface area (Å²) in [5, 5.41) is 0. The zero-order chi connectivity index (χ0) is 12.4. The van der Waals surface area contributed by atoms with Crippen LogP contribution in [0.5, 0.6) is 0 Å². The molecule has 1 aliphatic carbocycles. The van der Waals surface area contributed by atoms with Gasteiger partial charge in [-0.1, -0.05) is 55.0 Å². The van der Waals surface area contributed by atoms with Gasteiger partial charge in [0.1, 0.15) is 0 Å². The van der Waals surface area contributed by atoms with E-state index in [1.54, 1.807) is 0 Å². The van der Waals surface area contributed by atoms with Gasteiger partial charge in [-0.25, -0.2) is 0 Å². The van der Waals surface area contributed by atoms with Gasteiger partial charge in [-0.05, 0) is 39.5 Å². The summed E-state index contributed by atoms with van der Waals surface area (Å²) in [5.41, 5.74) is 10.3. The minimum atomic E-state index is 0. The number of fused-ring (bicyclic) bond motifs is 1. The van der Waals surface area contributed by atoms with Crippen LogP contribution in [0.15, 0.2) is 18.2 Å². The van der Waals surface area contributed by atoms with E-state index in [1.165, 1.54) is 11.1 Å². The molecule has 1 aliphatic rings. The molecular weight excluding hydrogens is 206 g/mol. The first-order valence-corrected chi connectivity index (χ1v) is 6.03. The summed E-state index contributed by atoms with van der Waals surface area (Å²) in [6.07, 6.45) is 0. The Hall–Kier alpha value is -0.980. The van der Waals surface area contributed by atoms with E-state index in [0.29, 0.717) is 0 Å². The number of hydrogen-bond acceptors (Lipinski definition) is 1. The van der Waals surface area contributed by atoms with E-state index in [9.17, 15) is 0 Å². The molecule has 0 amide bonds. The molecule has 2 rings (SSSR count). The highest BCUT2D eigenvalue weighted by molar-refractivity contribution is 5.55. The Morgan fingerprint density at radius 1 is 0.824 bits per heavy atom. The smallest absolute Gasteiger partial charge is 0.0317 e. The van der Waals surface area contributed by atoms with E-state index >= 15 is 0 Å². The van der Waals surface area contributed by atoms with Crippen LogP contribution in [0.2, 0.25) is 0 Å². The molecule has 0 radical (unpaired) electrons. The number of rotatable bonds is 0. The lowest BCUT2D eigenvalue weighted by molar-refractivity contribution is 0.125. The minimum Gasteiger partial charge on any atom is -0.399 e. The molecule has 0 aliphatic heterocycles. The van der Waals surface area contributed by atoms with E-state index in [1.807, 2.05) is 6.07 Å². The van der Waals surface area contributed by atoms with Crippen molar-refractivity contribution >= 4 is 5.69 Å². The topological polar surface area (TPSA) is 26.0 Å². The van der Waals surface area contributed by atoms with E-state index < -0.39 is 0 Å². The second kappa shape index (κ2) is 3.51. The summed E-state index contributed by atoms with van der Waals surface area (Å²) in [6.45, 7) is 14.1. The Morgan fingerprint density at radius 2 is 1.29 bits per heavy atom. The van der Waals surface area contributed by atoms with Crippen molar-refractivity contribution in [3.63, 3.8) is 0 Å². The number of benzene rings is 1. The van der Waals surface area contributed by atoms with Crippen molar-refractivity contribution in [1.82, 2.24) is 0 Å². The highest BCUT2D eigenvalue weighted by atomic mass is 14.6. The lowest BCUT2D eigenvalue weighted by Gasteiger charge is -2.44. The van der Waals surface area contributed by atoms with Crippen LogP contribution in [0.1, 0.15) is 60.1 Å². The van der Waals surface area contributed by atoms with Gasteiger partial charge >= 0.3 is 0 Å². The average molecular weight is 233 g/mol. The SMILES string of the molecule is C.CC1(C)c2ccc(N)cc2C(C)(C)C1(C)C. The Kier molecular flexibility index (Phi) is 2.90. The van der Waals surface area contributed by atoms with Crippen LogP contribution in [0, 0.1) is 5.41 Å². The van der Waals surface area contributed by atoms with Crippen LogP contribution in [-0.4, -0.2) is 0 Å². The molecule has 0 atom stereocenters. The fraction of sp³-hybridized carbons (Fsp3) is 0.625. The maximum Gasteiger partial charge on any atom is 0.0317 e. The third-order valence-corrected chi connectivity index (χ3v) is 5.52. The number of nitrogen functional groups attached to an aromatic ring is 1. The molecule has 2 N–H and O–H groups in total. The summed E-state index contributed by atoms with van der Waals surface area (Å²) in [5.74, 6) is 0. The molecule has 0 bridgehead atoms. The van der Waals surface area contributed by atoms with Crippen molar-refractivity contribution in [2.75, 3.05) is 5.73 Å². The van der Waals surface area contributed by atoms with Crippen molar-refractivity contribution < 1.29 is 0 Å². The van der Waals surface area contributed by atoms with Gasteiger partial charge in [0.25, 0.3) is 0 Å². The molecule has 0 spiro atoms. The van der Waals surface area contributed by atoms with E-state index in [0.717, 1.165) is 5.69 Å².